The van der Waals surface area contributed by atoms with E-state index in [4.69, 9.17) is 0 Å². The third-order valence-corrected chi connectivity index (χ3v) is 5.67. The van der Waals surface area contributed by atoms with Crippen LogP contribution in [0.5, 0.6) is 0 Å². The molecule has 0 N–H and O–H groups in total. The number of hydrogen-bond donors (Lipinski definition) is 1. The van der Waals surface area contributed by atoms with Gasteiger partial charge in [0.05, 0.1) is 0 Å². The minimum atomic E-state index is -0.0195. The third-order valence-electron chi connectivity index (χ3n) is 0.236. The molecule has 0 aromatic rings. The molecular formula is C2H6IPS2. The molecule has 0 aromatic carbocycles. The van der Waals surface area contributed by atoms with E-state index in [0.717, 1.165) is 0 Å². The molecule has 0 nitrogen and oxygen atoms in total. The van der Waals surface area contributed by atoms with E-state index in [1.54, 1.807) is 0 Å². The molecule has 4 heteroatoms. The van der Waals surface area contributed by atoms with Gasteiger partial charge in [0.25, 0.3) is 0 Å². The molecule has 6 heavy (non-hydrogen) atoms. The van der Waals surface area contributed by atoms with E-state index in [2.05, 4.69) is 35.9 Å². The summed E-state index contributed by atoms with van der Waals surface area (Å²) in [5.41, 5.74) is 0. The Morgan fingerprint density at radius 1 is 2.00 bits per heavy atom. The van der Waals surface area contributed by atoms with Gasteiger partial charge >= 0.3 is 58.6 Å². The van der Waals surface area contributed by atoms with Crippen LogP contribution in [-0.2, 0) is 0 Å². The average molecular weight is 252 g/mol. The van der Waals surface area contributed by atoms with Crippen molar-refractivity contribution in [3.05, 3.63) is 0 Å². The molecule has 0 aliphatic carbocycles. The van der Waals surface area contributed by atoms with Crippen molar-refractivity contribution < 1.29 is 0 Å². The van der Waals surface area contributed by atoms with E-state index in [1.165, 1.54) is 5.75 Å². The van der Waals surface area contributed by atoms with Gasteiger partial charge in [0, 0.05) is 0 Å². The summed E-state index contributed by atoms with van der Waals surface area (Å²) >= 11 is 2.33. The fourth-order valence-electron chi connectivity index (χ4n) is 0.107. The summed E-state index contributed by atoms with van der Waals surface area (Å²) in [5.74, 6) is 1.19. The van der Waals surface area contributed by atoms with E-state index < -0.39 is 0 Å². The summed E-state index contributed by atoms with van der Waals surface area (Å²) in [6, 6.07) is 0. The second-order valence-electron chi connectivity index (χ2n) is 0.644. The van der Waals surface area contributed by atoms with Crippen LogP contribution in [0.4, 0.5) is 0 Å². The molecule has 0 aromatic heterocycles. The molecule has 0 saturated carbocycles. The van der Waals surface area contributed by atoms with Gasteiger partial charge in [0.15, 0.2) is 0 Å². The molecule has 0 spiro atoms. The van der Waals surface area contributed by atoms with Crippen LogP contribution in [0.15, 0.2) is 0 Å². The first-order valence-electron chi connectivity index (χ1n) is 1.55. The Hall–Kier alpha value is 1.86. The van der Waals surface area contributed by atoms with Crippen LogP contribution >= 0.6 is 45.9 Å². The average Bonchev–Trinajstić information content (AvgIpc) is 1.35. The van der Waals surface area contributed by atoms with Gasteiger partial charge in [-0.05, 0) is 0 Å². The summed E-state index contributed by atoms with van der Waals surface area (Å²) < 4.78 is 0. The van der Waals surface area contributed by atoms with Crippen LogP contribution in [0.25, 0.3) is 0 Å². The van der Waals surface area contributed by atoms with Crippen LogP contribution in [0, 0.1) is 0 Å². The topological polar surface area (TPSA) is 0 Å². The zero-order chi connectivity index (χ0) is 4.99. The number of rotatable bonds is 1. The molecule has 1 unspecified atom stereocenters. The Morgan fingerprint density at radius 2 is 2.50 bits per heavy atom. The van der Waals surface area contributed by atoms with Gasteiger partial charge in [-0.3, -0.25) is 0 Å². The first-order chi connectivity index (χ1) is 2.77. The molecule has 0 saturated heterocycles. The molecule has 0 radical (unpaired) electrons. The van der Waals surface area contributed by atoms with Crippen molar-refractivity contribution in [3.8, 4) is 0 Å². The van der Waals surface area contributed by atoms with Gasteiger partial charge in [-0.25, -0.2) is 0 Å². The Balaban J connectivity index is 2.91. The van der Waals surface area contributed by atoms with Gasteiger partial charge in [-0.2, -0.15) is 0 Å². The molecule has 0 rings (SSSR count). The van der Waals surface area contributed by atoms with E-state index in [-0.39, 0.29) is 6.07 Å². The Bertz CT molecular complexity index is 83.3. The van der Waals surface area contributed by atoms with E-state index in [9.17, 15) is 0 Å². The quantitative estimate of drug-likeness (QED) is 0.323. The zero-order valence-corrected chi connectivity index (χ0v) is 8.15. The predicted molar refractivity (Wildman–Crippen MR) is 48.1 cm³/mol. The van der Waals surface area contributed by atoms with E-state index >= 15 is 0 Å². The SMILES string of the molecule is CCS[SH](#P)I. The van der Waals surface area contributed by atoms with Crippen LogP contribution in [0.2, 0.25) is 0 Å². The molecule has 0 heterocycles. The van der Waals surface area contributed by atoms with Crippen molar-refractivity contribution in [2.75, 3.05) is 5.75 Å². The van der Waals surface area contributed by atoms with Crippen molar-refractivity contribution in [1.82, 2.24) is 0 Å². The molecule has 0 aliphatic heterocycles. The summed E-state index contributed by atoms with van der Waals surface area (Å²) in [4.78, 5) is 0. The van der Waals surface area contributed by atoms with Gasteiger partial charge in [0.2, 0.25) is 0 Å². The normalized spacial score (nSPS) is 14.2. The molecular weight excluding hydrogens is 246 g/mol. The van der Waals surface area contributed by atoms with Crippen LogP contribution in [0.3, 0.4) is 0 Å². The van der Waals surface area contributed by atoms with Crippen molar-refractivity contribution in [1.29, 1.82) is 0 Å². The minimum absolute atomic E-state index is 0.0195. The second kappa shape index (κ2) is 5.01. The molecule has 1 atom stereocenters. The summed E-state index contributed by atoms with van der Waals surface area (Å²) in [7, 11) is 6.09. The Kier molecular flexibility index (Phi) is 6.56. The second-order valence-corrected chi connectivity index (χ2v) is 13.0. The summed E-state index contributed by atoms with van der Waals surface area (Å²) in [6.07, 6.45) is -0.0195. The van der Waals surface area contributed by atoms with Gasteiger partial charge in [0.1, 0.15) is 0 Å². The van der Waals surface area contributed by atoms with Crippen LogP contribution < -0.4 is 0 Å². The van der Waals surface area contributed by atoms with Crippen molar-refractivity contribution in [3.63, 3.8) is 0 Å². The molecule has 38 valence electrons. The molecule has 0 fully saturated rings. The number of halogens is 1. The van der Waals surface area contributed by atoms with E-state index in [1.807, 2.05) is 10.8 Å². The van der Waals surface area contributed by atoms with Crippen LogP contribution in [-0.4, -0.2) is 5.75 Å². The molecule has 0 aliphatic rings. The monoisotopic (exact) mass is 252 g/mol. The van der Waals surface area contributed by atoms with Gasteiger partial charge in [-0.15, -0.1) is 0 Å². The van der Waals surface area contributed by atoms with Crippen LogP contribution in [0.1, 0.15) is 6.92 Å². The van der Waals surface area contributed by atoms with Crippen molar-refractivity contribution in [2.24, 2.45) is 0 Å². The predicted octanol–water partition coefficient (Wildman–Crippen LogP) is 3.33. The first kappa shape index (κ1) is 7.86. The van der Waals surface area contributed by atoms with Gasteiger partial charge < -0.3 is 0 Å². The fourth-order valence-corrected chi connectivity index (χ4v) is 4.50. The third kappa shape index (κ3) is 5.86. The Labute approximate surface area is 58.2 Å². The first-order valence-corrected chi connectivity index (χ1v) is 8.42. The standard InChI is InChI=1S/C2H6IPS2/c1-2-5-6(3)4/h6H,2H2,1H3. The van der Waals surface area contributed by atoms with E-state index in [0.29, 0.717) is 0 Å². The maximum absolute atomic E-state index is 4.19. The Morgan fingerprint density at radius 3 is 2.50 bits per heavy atom. The molecule has 0 bridgehead atoms. The van der Waals surface area contributed by atoms with Gasteiger partial charge in [-0.1, -0.05) is 0 Å². The number of hydrogen-bond acceptors (Lipinski definition) is 1. The zero-order valence-electron chi connectivity index (χ0n) is 3.39. The summed E-state index contributed by atoms with van der Waals surface area (Å²) in [6.45, 7) is 2.15. The molecule has 0 amide bonds. The number of thiol groups is 1. The summed E-state index contributed by atoms with van der Waals surface area (Å²) in [5, 5.41) is 0. The van der Waals surface area contributed by atoms with Crippen molar-refractivity contribution in [2.45, 2.75) is 6.92 Å². The van der Waals surface area contributed by atoms with Crippen molar-refractivity contribution >= 4 is 45.9 Å². The maximum atomic E-state index is 4.19. The fraction of sp³-hybridized carbons (Fsp3) is 1.00.